The van der Waals surface area contributed by atoms with Gasteiger partial charge in [-0.1, -0.05) is 6.42 Å². The summed E-state index contributed by atoms with van der Waals surface area (Å²) in [6, 6.07) is -1.82. The summed E-state index contributed by atoms with van der Waals surface area (Å²) in [5.41, 5.74) is 5.19. The Labute approximate surface area is 111 Å². The van der Waals surface area contributed by atoms with Crippen LogP contribution in [0.15, 0.2) is 0 Å². The Morgan fingerprint density at radius 1 is 1.32 bits per heavy atom. The van der Waals surface area contributed by atoms with Crippen LogP contribution in [0.5, 0.6) is 0 Å². The molecule has 0 aromatic heterocycles. The molecule has 2 atom stereocenters. The van der Waals surface area contributed by atoms with Crippen molar-refractivity contribution in [2.75, 3.05) is 13.7 Å². The quantitative estimate of drug-likeness (QED) is 0.164. The molecule has 0 spiro atoms. The number of carbonyl (C=O) groups excluding carboxylic acids is 1. The third kappa shape index (κ3) is 7.37. The van der Waals surface area contributed by atoms with Crippen LogP contribution in [0.1, 0.15) is 25.7 Å². The van der Waals surface area contributed by atoms with Crippen molar-refractivity contribution >= 4 is 17.7 Å². The summed E-state index contributed by atoms with van der Waals surface area (Å²) in [7, 11) is 1.50. The Hall–Kier alpha value is -1.67. The maximum Gasteiger partial charge on any atom is 0.326 e. The maximum atomic E-state index is 11.6. The second-order valence-corrected chi connectivity index (χ2v) is 4.19. The molecule has 1 amide bonds. The van der Waals surface area contributed by atoms with Gasteiger partial charge in [-0.25, -0.2) is 4.79 Å². The molecule has 0 aliphatic heterocycles. The van der Waals surface area contributed by atoms with E-state index in [0.29, 0.717) is 19.3 Å². The molecular formula is C11H22N4O4. The minimum atomic E-state index is -1.12. The lowest BCUT2D eigenvalue weighted by molar-refractivity contribution is -0.142. The first-order chi connectivity index (χ1) is 8.92. The van der Waals surface area contributed by atoms with E-state index >= 15 is 0 Å². The van der Waals surface area contributed by atoms with Gasteiger partial charge in [-0.15, -0.1) is 0 Å². The number of carboxylic acid groups (broad SMARTS) is 1. The number of amides is 1. The highest BCUT2D eigenvalue weighted by Gasteiger charge is 2.23. The molecule has 1 unspecified atom stereocenters. The molecule has 0 saturated carbocycles. The zero-order valence-corrected chi connectivity index (χ0v) is 11.0. The largest absolute Gasteiger partial charge is 0.480 e. The fourth-order valence-electron chi connectivity index (χ4n) is 1.50. The highest BCUT2D eigenvalue weighted by molar-refractivity contribution is 5.87. The van der Waals surface area contributed by atoms with E-state index in [1.54, 1.807) is 0 Å². The van der Waals surface area contributed by atoms with Crippen molar-refractivity contribution in [1.29, 1.82) is 5.41 Å². The number of carbonyl (C=O) groups is 2. The lowest BCUT2D eigenvalue weighted by Gasteiger charge is -2.18. The van der Waals surface area contributed by atoms with Gasteiger partial charge < -0.3 is 26.6 Å². The number of nitrogens with one attached hydrogen (secondary N) is 3. The molecule has 0 bridgehead atoms. The van der Waals surface area contributed by atoms with Gasteiger partial charge in [0.1, 0.15) is 12.1 Å². The first-order valence-electron chi connectivity index (χ1n) is 6.06. The molecule has 7 N–H and O–H groups in total. The van der Waals surface area contributed by atoms with Gasteiger partial charge in [0, 0.05) is 6.42 Å². The van der Waals surface area contributed by atoms with Crippen molar-refractivity contribution in [3.63, 3.8) is 0 Å². The Morgan fingerprint density at radius 3 is 2.37 bits per heavy atom. The number of likely N-dealkylation sites (N-methyl/N-ethyl adjacent to an activating group) is 1. The molecule has 19 heavy (non-hydrogen) atoms. The average molecular weight is 274 g/mol. The molecule has 8 nitrogen and oxygen atoms in total. The van der Waals surface area contributed by atoms with Crippen LogP contribution in [0.25, 0.3) is 0 Å². The summed E-state index contributed by atoms with van der Waals surface area (Å²) in [4.78, 5) is 22.6. The van der Waals surface area contributed by atoms with E-state index < -0.39 is 30.6 Å². The van der Waals surface area contributed by atoms with E-state index in [1.165, 1.54) is 7.05 Å². The van der Waals surface area contributed by atoms with Gasteiger partial charge in [0.05, 0.1) is 12.4 Å². The van der Waals surface area contributed by atoms with E-state index in [1.807, 2.05) is 0 Å². The normalized spacial score (nSPS) is 13.6. The Balaban J connectivity index is 4.22. The van der Waals surface area contributed by atoms with Crippen molar-refractivity contribution in [1.82, 2.24) is 10.6 Å². The fraction of sp³-hybridized carbons (Fsp3) is 0.727. The first kappa shape index (κ1) is 17.3. The standard InChI is InChI=1S/C11H22N4O4/c1-14-8(6-16)10(17)15-7(11(18)19)4-2-3-5-9(12)13/h7-8,14,16H,2-6H2,1H3,(H3,12,13)(H,15,17)(H,18,19)/t7?,8-/m0/s1. The van der Waals surface area contributed by atoms with Gasteiger partial charge in [-0.05, 0) is 19.9 Å². The number of rotatable bonds is 10. The topological polar surface area (TPSA) is 149 Å². The monoisotopic (exact) mass is 274 g/mol. The number of carboxylic acids is 1. The predicted molar refractivity (Wildman–Crippen MR) is 69.9 cm³/mol. The number of nitrogens with two attached hydrogens (primary N) is 1. The summed E-state index contributed by atoms with van der Waals surface area (Å²) >= 11 is 0. The summed E-state index contributed by atoms with van der Waals surface area (Å²) in [5.74, 6) is -1.61. The minimum absolute atomic E-state index is 0.0615. The highest BCUT2D eigenvalue weighted by Crippen LogP contribution is 2.04. The second kappa shape index (κ2) is 9.29. The van der Waals surface area contributed by atoms with Gasteiger partial charge in [-0.3, -0.25) is 10.2 Å². The summed E-state index contributed by atoms with van der Waals surface area (Å²) < 4.78 is 0. The van der Waals surface area contributed by atoms with E-state index in [9.17, 15) is 9.59 Å². The van der Waals surface area contributed by atoms with Gasteiger partial charge >= 0.3 is 5.97 Å². The van der Waals surface area contributed by atoms with Crippen LogP contribution in [0.4, 0.5) is 0 Å². The Bertz CT molecular complexity index is 318. The SMILES string of the molecule is CN[C@@H](CO)C(=O)NC(CCCCC(=N)N)C(=O)O. The predicted octanol–water partition coefficient (Wildman–Crippen LogP) is -1.37. The van der Waals surface area contributed by atoms with Crippen molar-refractivity contribution in [3.05, 3.63) is 0 Å². The maximum absolute atomic E-state index is 11.6. The number of amidine groups is 1. The molecule has 110 valence electrons. The van der Waals surface area contributed by atoms with Crippen LogP contribution in [0, 0.1) is 5.41 Å². The number of unbranched alkanes of at least 4 members (excludes halogenated alkanes) is 1. The third-order valence-corrected chi connectivity index (χ3v) is 2.65. The molecule has 0 heterocycles. The highest BCUT2D eigenvalue weighted by atomic mass is 16.4. The van der Waals surface area contributed by atoms with Gasteiger partial charge in [0.2, 0.25) is 5.91 Å². The number of hydrogen-bond acceptors (Lipinski definition) is 5. The molecule has 0 rings (SSSR count). The lowest BCUT2D eigenvalue weighted by atomic mass is 10.1. The molecule has 0 fully saturated rings. The van der Waals surface area contributed by atoms with E-state index in [2.05, 4.69) is 10.6 Å². The summed E-state index contributed by atoms with van der Waals surface area (Å²) in [5, 5.41) is 29.9. The summed E-state index contributed by atoms with van der Waals surface area (Å²) in [6.07, 6.45) is 1.82. The van der Waals surface area contributed by atoms with Crippen molar-refractivity contribution < 1.29 is 19.8 Å². The van der Waals surface area contributed by atoms with Gasteiger partial charge in [0.15, 0.2) is 0 Å². The van der Waals surface area contributed by atoms with Crippen LogP contribution in [0.2, 0.25) is 0 Å². The van der Waals surface area contributed by atoms with Crippen LogP contribution >= 0.6 is 0 Å². The molecule has 0 saturated heterocycles. The zero-order valence-electron chi connectivity index (χ0n) is 11.0. The first-order valence-corrected chi connectivity index (χ1v) is 6.06. The Kier molecular flexibility index (Phi) is 8.47. The smallest absolute Gasteiger partial charge is 0.326 e. The molecule has 0 aliphatic rings. The van der Waals surface area contributed by atoms with E-state index in [4.69, 9.17) is 21.4 Å². The Morgan fingerprint density at radius 2 is 1.95 bits per heavy atom. The second-order valence-electron chi connectivity index (χ2n) is 4.19. The molecule has 0 aromatic rings. The van der Waals surface area contributed by atoms with Crippen LogP contribution in [-0.2, 0) is 9.59 Å². The molecule has 0 aliphatic carbocycles. The van der Waals surface area contributed by atoms with Crippen molar-refractivity contribution in [2.45, 2.75) is 37.8 Å². The zero-order chi connectivity index (χ0) is 14.8. The number of aliphatic hydroxyl groups excluding tert-OH is 1. The van der Waals surface area contributed by atoms with Crippen molar-refractivity contribution in [3.8, 4) is 0 Å². The van der Waals surface area contributed by atoms with E-state index in [-0.39, 0.29) is 12.3 Å². The van der Waals surface area contributed by atoms with Crippen LogP contribution < -0.4 is 16.4 Å². The number of hydrogen-bond donors (Lipinski definition) is 6. The lowest BCUT2D eigenvalue weighted by Crippen LogP contribution is -2.50. The van der Waals surface area contributed by atoms with Crippen molar-refractivity contribution in [2.24, 2.45) is 5.73 Å². The molecule has 0 aromatic carbocycles. The average Bonchev–Trinajstić information content (AvgIpc) is 2.33. The van der Waals surface area contributed by atoms with Crippen LogP contribution in [-0.4, -0.2) is 53.7 Å². The number of aliphatic hydroxyl groups is 1. The third-order valence-electron chi connectivity index (χ3n) is 2.65. The van der Waals surface area contributed by atoms with E-state index in [0.717, 1.165) is 0 Å². The minimum Gasteiger partial charge on any atom is -0.480 e. The molecule has 0 radical (unpaired) electrons. The number of aliphatic carboxylic acids is 1. The summed E-state index contributed by atoms with van der Waals surface area (Å²) in [6.45, 7) is -0.404. The molecule has 8 heteroatoms. The fourth-order valence-corrected chi connectivity index (χ4v) is 1.50. The molecular weight excluding hydrogens is 252 g/mol. The van der Waals surface area contributed by atoms with Crippen LogP contribution in [0.3, 0.4) is 0 Å². The van der Waals surface area contributed by atoms with Gasteiger partial charge in [-0.2, -0.15) is 0 Å². The van der Waals surface area contributed by atoms with Gasteiger partial charge in [0.25, 0.3) is 0 Å².